The molecule has 2 rings (SSSR count). The van der Waals surface area contributed by atoms with Gasteiger partial charge in [-0.1, -0.05) is 13.3 Å². The molecule has 1 aromatic rings. The Kier molecular flexibility index (Phi) is 4.13. The molecule has 0 spiro atoms. The van der Waals surface area contributed by atoms with Gasteiger partial charge in [0.25, 0.3) is 0 Å². The first kappa shape index (κ1) is 15.0. The molecule has 6 heteroatoms. The number of thiazole rings is 1. The van der Waals surface area contributed by atoms with Gasteiger partial charge in [0.1, 0.15) is 11.6 Å². The van der Waals surface area contributed by atoms with E-state index >= 15 is 0 Å². The number of piperazine rings is 1. The first-order valence-electron chi connectivity index (χ1n) is 6.89. The van der Waals surface area contributed by atoms with Crippen molar-refractivity contribution in [1.82, 2.24) is 15.2 Å². The van der Waals surface area contributed by atoms with E-state index in [0.717, 1.165) is 17.1 Å². The van der Waals surface area contributed by atoms with Crippen LogP contribution in [0.25, 0.3) is 0 Å². The summed E-state index contributed by atoms with van der Waals surface area (Å²) >= 11 is 1.56. The van der Waals surface area contributed by atoms with Gasteiger partial charge in [0.15, 0.2) is 0 Å². The van der Waals surface area contributed by atoms with Crippen molar-refractivity contribution in [3.05, 3.63) is 16.1 Å². The van der Waals surface area contributed by atoms with Crippen molar-refractivity contribution >= 4 is 23.2 Å². The second-order valence-corrected chi connectivity index (χ2v) is 6.77. The van der Waals surface area contributed by atoms with Gasteiger partial charge in [-0.15, -0.1) is 11.3 Å². The number of hydrogen-bond acceptors (Lipinski definition) is 4. The number of nitrogens with one attached hydrogen (secondary N) is 1. The fourth-order valence-corrected chi connectivity index (χ4v) is 3.09. The lowest BCUT2D eigenvalue weighted by Gasteiger charge is -2.42. The van der Waals surface area contributed by atoms with E-state index < -0.39 is 5.54 Å². The number of amides is 2. The molecular weight excluding hydrogens is 274 g/mol. The van der Waals surface area contributed by atoms with Crippen molar-refractivity contribution < 1.29 is 9.59 Å². The van der Waals surface area contributed by atoms with Crippen LogP contribution >= 0.6 is 11.3 Å². The summed E-state index contributed by atoms with van der Waals surface area (Å²) in [6, 6.07) is -0.387. The molecule has 1 atom stereocenters. The van der Waals surface area contributed by atoms with Crippen LogP contribution in [0.1, 0.15) is 44.3 Å². The van der Waals surface area contributed by atoms with Crippen molar-refractivity contribution in [3.8, 4) is 0 Å². The third-order valence-electron chi connectivity index (χ3n) is 3.47. The summed E-state index contributed by atoms with van der Waals surface area (Å²) in [5.41, 5.74) is 0.0132. The summed E-state index contributed by atoms with van der Waals surface area (Å²) < 4.78 is 0. The number of carbonyl (C=O) groups excluding carboxylic acids is 2. The maximum Gasteiger partial charge on any atom is 0.248 e. The summed E-state index contributed by atoms with van der Waals surface area (Å²) in [6.45, 7) is 7.85. The lowest BCUT2D eigenvalue weighted by Crippen LogP contribution is -2.67. The van der Waals surface area contributed by atoms with Crippen molar-refractivity contribution in [1.29, 1.82) is 0 Å². The second-order valence-electron chi connectivity index (χ2n) is 5.71. The molecule has 20 heavy (non-hydrogen) atoms. The SMILES string of the molecule is CCCC1C(=O)NC(C)(C)C(=O)N1Cc1csc(C)n1. The zero-order valence-corrected chi connectivity index (χ0v) is 13.2. The molecule has 1 saturated heterocycles. The van der Waals surface area contributed by atoms with E-state index in [1.165, 1.54) is 0 Å². The molecule has 0 radical (unpaired) electrons. The van der Waals surface area contributed by atoms with Crippen LogP contribution in [0.15, 0.2) is 5.38 Å². The number of hydrogen-bond donors (Lipinski definition) is 1. The molecule has 1 unspecified atom stereocenters. The standard InChI is InChI=1S/C14H21N3O2S/c1-5-6-11-12(18)16-14(3,4)13(19)17(11)7-10-8-20-9(2)15-10/h8,11H,5-7H2,1-4H3,(H,16,18). The highest BCUT2D eigenvalue weighted by Gasteiger charge is 2.44. The quantitative estimate of drug-likeness (QED) is 0.922. The van der Waals surface area contributed by atoms with E-state index in [0.29, 0.717) is 13.0 Å². The molecule has 5 nitrogen and oxygen atoms in total. The minimum absolute atomic E-state index is 0.0406. The zero-order chi connectivity index (χ0) is 14.9. The van der Waals surface area contributed by atoms with E-state index in [2.05, 4.69) is 10.3 Å². The summed E-state index contributed by atoms with van der Waals surface area (Å²) in [4.78, 5) is 30.9. The summed E-state index contributed by atoms with van der Waals surface area (Å²) in [5, 5.41) is 5.74. The highest BCUT2D eigenvalue weighted by molar-refractivity contribution is 7.09. The van der Waals surface area contributed by atoms with Gasteiger partial charge in [0.2, 0.25) is 11.8 Å². The Morgan fingerprint density at radius 1 is 1.45 bits per heavy atom. The Morgan fingerprint density at radius 2 is 2.15 bits per heavy atom. The fraction of sp³-hybridized carbons (Fsp3) is 0.643. The molecule has 2 heterocycles. The van der Waals surface area contributed by atoms with Crippen LogP contribution in [0, 0.1) is 6.92 Å². The Morgan fingerprint density at radius 3 is 2.70 bits per heavy atom. The molecule has 1 aromatic heterocycles. The molecule has 0 saturated carbocycles. The second kappa shape index (κ2) is 5.52. The van der Waals surface area contributed by atoms with Gasteiger partial charge < -0.3 is 10.2 Å². The first-order chi connectivity index (χ1) is 9.35. The van der Waals surface area contributed by atoms with Gasteiger partial charge in [-0.25, -0.2) is 4.98 Å². The lowest BCUT2D eigenvalue weighted by molar-refractivity contribution is -0.154. The highest BCUT2D eigenvalue weighted by atomic mass is 32.1. The molecule has 0 aromatic carbocycles. The van der Waals surface area contributed by atoms with Crippen molar-refractivity contribution in [3.63, 3.8) is 0 Å². The van der Waals surface area contributed by atoms with Crippen molar-refractivity contribution in [2.45, 2.75) is 58.7 Å². The molecule has 110 valence electrons. The molecule has 1 aliphatic rings. The average Bonchev–Trinajstić information content (AvgIpc) is 2.76. The predicted octanol–water partition coefficient (Wildman–Crippen LogP) is 1.86. The van der Waals surface area contributed by atoms with Crippen LogP contribution in [-0.2, 0) is 16.1 Å². The molecule has 2 amide bonds. The number of aromatic nitrogens is 1. The van der Waals surface area contributed by atoms with Gasteiger partial charge in [-0.3, -0.25) is 9.59 Å². The van der Waals surface area contributed by atoms with Gasteiger partial charge >= 0.3 is 0 Å². The van der Waals surface area contributed by atoms with Crippen LogP contribution in [0.4, 0.5) is 0 Å². The van der Waals surface area contributed by atoms with Gasteiger partial charge in [0, 0.05) is 5.38 Å². The van der Waals surface area contributed by atoms with E-state index in [1.54, 1.807) is 30.1 Å². The number of aryl methyl sites for hydroxylation is 1. The minimum Gasteiger partial charge on any atom is -0.340 e. The predicted molar refractivity (Wildman–Crippen MR) is 78.3 cm³/mol. The third-order valence-corrected chi connectivity index (χ3v) is 4.29. The third kappa shape index (κ3) is 2.85. The zero-order valence-electron chi connectivity index (χ0n) is 12.4. The van der Waals surface area contributed by atoms with Crippen LogP contribution in [-0.4, -0.2) is 33.3 Å². The van der Waals surface area contributed by atoms with Crippen LogP contribution in [0.5, 0.6) is 0 Å². The maximum absolute atomic E-state index is 12.6. The molecule has 1 fully saturated rings. The van der Waals surface area contributed by atoms with Crippen LogP contribution in [0.3, 0.4) is 0 Å². The normalized spacial score (nSPS) is 22.0. The summed E-state index contributed by atoms with van der Waals surface area (Å²) in [6.07, 6.45) is 1.54. The first-order valence-corrected chi connectivity index (χ1v) is 7.77. The Bertz CT molecular complexity index is 524. The van der Waals surface area contributed by atoms with E-state index in [9.17, 15) is 9.59 Å². The fourth-order valence-electron chi connectivity index (χ4n) is 2.48. The van der Waals surface area contributed by atoms with Crippen molar-refractivity contribution in [2.24, 2.45) is 0 Å². The number of carbonyl (C=O) groups is 2. The summed E-state index contributed by atoms with van der Waals surface area (Å²) in [7, 11) is 0. The van der Waals surface area contributed by atoms with Gasteiger partial charge in [-0.05, 0) is 27.2 Å². The van der Waals surface area contributed by atoms with Crippen molar-refractivity contribution in [2.75, 3.05) is 0 Å². The molecular formula is C14H21N3O2S. The molecule has 1 aliphatic heterocycles. The number of rotatable bonds is 4. The van der Waals surface area contributed by atoms with Gasteiger partial charge in [0.05, 0.1) is 17.2 Å². The largest absolute Gasteiger partial charge is 0.340 e. The number of nitrogens with zero attached hydrogens (tertiary/aromatic N) is 2. The molecule has 0 bridgehead atoms. The Balaban J connectivity index is 2.27. The van der Waals surface area contributed by atoms with Crippen LogP contribution < -0.4 is 5.32 Å². The molecule has 0 aliphatic carbocycles. The highest BCUT2D eigenvalue weighted by Crippen LogP contribution is 2.23. The Hall–Kier alpha value is -1.43. The maximum atomic E-state index is 12.6. The minimum atomic E-state index is -0.841. The van der Waals surface area contributed by atoms with Crippen LogP contribution in [0.2, 0.25) is 0 Å². The topological polar surface area (TPSA) is 62.3 Å². The smallest absolute Gasteiger partial charge is 0.248 e. The van der Waals surface area contributed by atoms with E-state index in [4.69, 9.17) is 0 Å². The monoisotopic (exact) mass is 295 g/mol. The lowest BCUT2D eigenvalue weighted by atomic mass is 9.94. The Labute approximate surface area is 123 Å². The molecule has 1 N–H and O–H groups in total. The summed E-state index contributed by atoms with van der Waals surface area (Å²) in [5.74, 6) is -0.107. The van der Waals surface area contributed by atoms with E-state index in [1.807, 2.05) is 19.2 Å². The average molecular weight is 295 g/mol. The van der Waals surface area contributed by atoms with Gasteiger partial charge in [-0.2, -0.15) is 0 Å². The van der Waals surface area contributed by atoms with E-state index in [-0.39, 0.29) is 17.9 Å².